The zero-order valence-corrected chi connectivity index (χ0v) is 16.1. The van der Waals surface area contributed by atoms with E-state index in [9.17, 15) is 9.59 Å². The molecule has 1 atom stereocenters. The Hall–Kier alpha value is -3.02. The third-order valence-electron chi connectivity index (χ3n) is 4.97. The standard InChI is InChI=1S/C21H24N2O4/c1-14-7-5-6-8-17(14)21(25)22-11-12-23(20(24)15(22)2)18-10-9-16(26-3)13-19(18)27-4/h5-10,13,15H,11-12H2,1-4H3/t15-/m1/s1. The molecule has 0 unspecified atom stereocenters. The molecule has 0 spiro atoms. The minimum atomic E-state index is -0.558. The van der Waals surface area contributed by atoms with E-state index in [1.54, 1.807) is 55.2 Å². The summed E-state index contributed by atoms with van der Waals surface area (Å²) in [6.45, 7) is 4.53. The van der Waals surface area contributed by atoms with Crippen molar-refractivity contribution in [2.75, 3.05) is 32.2 Å². The normalized spacial score (nSPS) is 17.0. The van der Waals surface area contributed by atoms with Crippen molar-refractivity contribution in [3.05, 3.63) is 53.6 Å². The molecule has 1 aliphatic rings. The Balaban J connectivity index is 1.85. The Bertz CT molecular complexity index is 865. The third-order valence-corrected chi connectivity index (χ3v) is 4.97. The summed E-state index contributed by atoms with van der Waals surface area (Å²) in [5.41, 5.74) is 2.21. The Morgan fingerprint density at radius 3 is 2.48 bits per heavy atom. The number of carbonyl (C=O) groups is 2. The van der Waals surface area contributed by atoms with Crippen molar-refractivity contribution in [3.63, 3.8) is 0 Å². The van der Waals surface area contributed by atoms with Gasteiger partial charge in [0, 0.05) is 24.7 Å². The van der Waals surface area contributed by atoms with Gasteiger partial charge in [-0.25, -0.2) is 0 Å². The number of methoxy groups -OCH3 is 2. The highest BCUT2D eigenvalue weighted by Gasteiger charge is 2.36. The van der Waals surface area contributed by atoms with Crippen LogP contribution in [0.1, 0.15) is 22.8 Å². The third kappa shape index (κ3) is 3.47. The van der Waals surface area contributed by atoms with Crippen molar-refractivity contribution in [2.24, 2.45) is 0 Å². The van der Waals surface area contributed by atoms with Gasteiger partial charge >= 0.3 is 0 Å². The minimum Gasteiger partial charge on any atom is -0.497 e. The van der Waals surface area contributed by atoms with E-state index >= 15 is 0 Å². The zero-order valence-electron chi connectivity index (χ0n) is 16.1. The van der Waals surface area contributed by atoms with Gasteiger partial charge in [-0.1, -0.05) is 18.2 Å². The first-order chi connectivity index (χ1) is 13.0. The summed E-state index contributed by atoms with van der Waals surface area (Å²) >= 11 is 0. The molecular formula is C21H24N2O4. The van der Waals surface area contributed by atoms with Crippen molar-refractivity contribution in [3.8, 4) is 11.5 Å². The van der Waals surface area contributed by atoms with Gasteiger partial charge < -0.3 is 19.3 Å². The molecule has 1 aliphatic heterocycles. The molecule has 6 nitrogen and oxygen atoms in total. The number of hydrogen-bond donors (Lipinski definition) is 0. The van der Waals surface area contributed by atoms with Crippen LogP contribution in [0.15, 0.2) is 42.5 Å². The number of benzene rings is 2. The highest BCUT2D eigenvalue weighted by atomic mass is 16.5. The summed E-state index contributed by atoms with van der Waals surface area (Å²) in [4.78, 5) is 29.3. The number of aryl methyl sites for hydroxylation is 1. The van der Waals surface area contributed by atoms with E-state index in [2.05, 4.69) is 0 Å². The van der Waals surface area contributed by atoms with Crippen LogP contribution < -0.4 is 14.4 Å². The highest BCUT2D eigenvalue weighted by Crippen LogP contribution is 2.34. The lowest BCUT2D eigenvalue weighted by Gasteiger charge is -2.39. The molecule has 0 aromatic heterocycles. The molecule has 2 aromatic carbocycles. The average Bonchev–Trinajstić information content (AvgIpc) is 2.69. The predicted octanol–water partition coefficient (Wildman–Crippen LogP) is 2.89. The SMILES string of the molecule is COc1ccc(N2CCN(C(=O)c3ccccc3C)[C@H](C)C2=O)c(OC)c1. The van der Waals surface area contributed by atoms with Crippen LogP contribution >= 0.6 is 0 Å². The maximum atomic E-state index is 13.0. The van der Waals surface area contributed by atoms with Gasteiger partial charge in [-0.05, 0) is 37.6 Å². The summed E-state index contributed by atoms with van der Waals surface area (Å²) in [6.07, 6.45) is 0. The van der Waals surface area contributed by atoms with Crippen molar-refractivity contribution in [1.29, 1.82) is 0 Å². The van der Waals surface area contributed by atoms with Crippen LogP contribution in [0, 0.1) is 6.92 Å². The number of rotatable bonds is 4. The summed E-state index contributed by atoms with van der Waals surface area (Å²) in [6, 6.07) is 12.2. The molecule has 0 radical (unpaired) electrons. The average molecular weight is 368 g/mol. The summed E-state index contributed by atoms with van der Waals surface area (Å²) < 4.78 is 10.6. The number of amides is 2. The van der Waals surface area contributed by atoms with Crippen LogP contribution in [0.2, 0.25) is 0 Å². The number of ether oxygens (including phenoxy) is 2. The van der Waals surface area contributed by atoms with Crippen LogP contribution in [-0.4, -0.2) is 50.1 Å². The number of hydrogen-bond acceptors (Lipinski definition) is 4. The van der Waals surface area contributed by atoms with E-state index in [4.69, 9.17) is 9.47 Å². The van der Waals surface area contributed by atoms with E-state index < -0.39 is 6.04 Å². The molecule has 1 heterocycles. The van der Waals surface area contributed by atoms with Gasteiger partial charge in [0.25, 0.3) is 5.91 Å². The van der Waals surface area contributed by atoms with Crippen molar-refractivity contribution < 1.29 is 19.1 Å². The smallest absolute Gasteiger partial charge is 0.254 e. The maximum absolute atomic E-state index is 13.0. The molecule has 0 saturated carbocycles. The fourth-order valence-corrected chi connectivity index (χ4v) is 3.36. The molecule has 0 aliphatic carbocycles. The topological polar surface area (TPSA) is 59.1 Å². The van der Waals surface area contributed by atoms with Crippen LogP contribution in [0.3, 0.4) is 0 Å². The monoisotopic (exact) mass is 368 g/mol. The fraction of sp³-hybridized carbons (Fsp3) is 0.333. The summed E-state index contributed by atoms with van der Waals surface area (Å²) in [5, 5.41) is 0. The second-order valence-electron chi connectivity index (χ2n) is 6.52. The first-order valence-corrected chi connectivity index (χ1v) is 8.88. The van der Waals surface area contributed by atoms with Crippen LogP contribution in [-0.2, 0) is 4.79 Å². The molecule has 2 aromatic rings. The Kier molecular flexibility index (Phi) is 5.35. The van der Waals surface area contributed by atoms with Crippen molar-refractivity contribution in [1.82, 2.24) is 4.90 Å². The van der Waals surface area contributed by atoms with E-state index in [-0.39, 0.29) is 11.8 Å². The lowest BCUT2D eigenvalue weighted by Crippen LogP contribution is -2.57. The van der Waals surface area contributed by atoms with Gasteiger partial charge in [0.05, 0.1) is 19.9 Å². The second-order valence-corrected chi connectivity index (χ2v) is 6.52. The molecule has 0 bridgehead atoms. The van der Waals surface area contributed by atoms with Crippen LogP contribution in [0.25, 0.3) is 0 Å². The molecule has 1 saturated heterocycles. The van der Waals surface area contributed by atoms with E-state index in [1.807, 2.05) is 25.1 Å². The second kappa shape index (κ2) is 7.70. The molecule has 2 amide bonds. The quantitative estimate of drug-likeness (QED) is 0.833. The molecule has 6 heteroatoms. The minimum absolute atomic E-state index is 0.115. The van der Waals surface area contributed by atoms with E-state index in [0.29, 0.717) is 35.8 Å². The first-order valence-electron chi connectivity index (χ1n) is 8.88. The molecule has 27 heavy (non-hydrogen) atoms. The summed E-state index contributed by atoms with van der Waals surface area (Å²) in [5.74, 6) is 0.972. The number of anilines is 1. The maximum Gasteiger partial charge on any atom is 0.254 e. The lowest BCUT2D eigenvalue weighted by molar-refractivity contribution is -0.124. The van der Waals surface area contributed by atoms with Gasteiger partial charge in [-0.2, -0.15) is 0 Å². The van der Waals surface area contributed by atoms with Crippen molar-refractivity contribution in [2.45, 2.75) is 19.9 Å². The number of piperazine rings is 1. The van der Waals surface area contributed by atoms with Gasteiger partial charge in [0.15, 0.2) is 0 Å². The lowest BCUT2D eigenvalue weighted by atomic mass is 10.0. The highest BCUT2D eigenvalue weighted by molar-refractivity contribution is 6.04. The molecular weight excluding hydrogens is 344 g/mol. The largest absolute Gasteiger partial charge is 0.497 e. The predicted molar refractivity (Wildman–Crippen MR) is 104 cm³/mol. The fourth-order valence-electron chi connectivity index (χ4n) is 3.36. The van der Waals surface area contributed by atoms with Gasteiger partial charge in [0.1, 0.15) is 17.5 Å². The van der Waals surface area contributed by atoms with Gasteiger partial charge in [0.2, 0.25) is 5.91 Å². The van der Waals surface area contributed by atoms with Crippen LogP contribution in [0.5, 0.6) is 11.5 Å². The summed E-state index contributed by atoms with van der Waals surface area (Å²) in [7, 11) is 3.14. The molecule has 142 valence electrons. The molecule has 0 N–H and O–H groups in total. The zero-order chi connectivity index (χ0) is 19.6. The van der Waals surface area contributed by atoms with Crippen LogP contribution in [0.4, 0.5) is 5.69 Å². The Morgan fingerprint density at radius 1 is 1.07 bits per heavy atom. The van der Waals surface area contributed by atoms with Crippen molar-refractivity contribution >= 4 is 17.5 Å². The molecule has 1 fully saturated rings. The Labute approximate surface area is 159 Å². The Morgan fingerprint density at radius 2 is 1.81 bits per heavy atom. The number of carbonyl (C=O) groups excluding carboxylic acids is 2. The first kappa shape index (κ1) is 18.8. The van der Waals surface area contributed by atoms with E-state index in [0.717, 1.165) is 5.56 Å². The molecule has 3 rings (SSSR count). The van der Waals surface area contributed by atoms with E-state index in [1.165, 1.54) is 0 Å². The van der Waals surface area contributed by atoms with Gasteiger partial charge in [-0.3, -0.25) is 9.59 Å². The van der Waals surface area contributed by atoms with Gasteiger partial charge in [-0.15, -0.1) is 0 Å². The number of nitrogens with zero attached hydrogens (tertiary/aromatic N) is 2.